The SMILES string of the molecule is CC(C)(C)OC(=O)N1[C@@H]2CCNC[C@@H]2OC1(C)C. The van der Waals surface area contributed by atoms with Crippen LogP contribution in [0.25, 0.3) is 0 Å². The number of nitrogens with zero attached hydrogens (tertiary/aromatic N) is 1. The molecule has 2 aliphatic heterocycles. The highest BCUT2D eigenvalue weighted by Crippen LogP contribution is 2.35. The fourth-order valence-corrected chi connectivity index (χ4v) is 2.72. The van der Waals surface area contributed by atoms with E-state index in [0.717, 1.165) is 19.5 Å². The van der Waals surface area contributed by atoms with Gasteiger partial charge < -0.3 is 14.8 Å². The van der Waals surface area contributed by atoms with Gasteiger partial charge in [-0.25, -0.2) is 4.79 Å². The molecular formula is C13H24N2O3. The standard InChI is InChI=1S/C13H24N2O3/c1-12(2,3)18-11(16)15-9-6-7-14-8-10(9)17-13(15,4)5/h9-10,14H,6-8H2,1-5H3/t9-,10+/m1/s1. The highest BCUT2D eigenvalue weighted by atomic mass is 16.6. The van der Waals surface area contributed by atoms with Gasteiger partial charge in [-0.1, -0.05) is 0 Å². The average Bonchev–Trinajstić information content (AvgIpc) is 2.44. The normalized spacial score (nSPS) is 31.1. The Balaban J connectivity index is 2.16. The number of carbonyl (C=O) groups excluding carboxylic acids is 1. The lowest BCUT2D eigenvalue weighted by molar-refractivity contribution is -0.0773. The molecule has 2 heterocycles. The van der Waals surface area contributed by atoms with E-state index in [9.17, 15) is 4.79 Å². The van der Waals surface area contributed by atoms with Crippen LogP contribution in [-0.2, 0) is 9.47 Å². The summed E-state index contributed by atoms with van der Waals surface area (Å²) in [6, 6.07) is 0.121. The lowest BCUT2D eigenvalue weighted by atomic mass is 10.0. The maximum atomic E-state index is 12.3. The van der Waals surface area contributed by atoms with Crippen molar-refractivity contribution < 1.29 is 14.3 Å². The van der Waals surface area contributed by atoms with Crippen molar-refractivity contribution in [2.24, 2.45) is 0 Å². The molecule has 2 rings (SSSR count). The molecule has 5 heteroatoms. The van der Waals surface area contributed by atoms with E-state index in [0.29, 0.717) is 0 Å². The van der Waals surface area contributed by atoms with Crippen LogP contribution in [0.3, 0.4) is 0 Å². The molecule has 0 radical (unpaired) electrons. The van der Waals surface area contributed by atoms with E-state index in [1.807, 2.05) is 34.6 Å². The molecule has 0 aliphatic carbocycles. The van der Waals surface area contributed by atoms with Crippen LogP contribution in [0.4, 0.5) is 4.79 Å². The second-order valence-corrected chi connectivity index (χ2v) is 6.51. The van der Waals surface area contributed by atoms with E-state index >= 15 is 0 Å². The summed E-state index contributed by atoms with van der Waals surface area (Å²) in [6.07, 6.45) is 0.705. The van der Waals surface area contributed by atoms with Gasteiger partial charge in [-0.15, -0.1) is 0 Å². The molecule has 1 N–H and O–H groups in total. The molecule has 2 fully saturated rings. The first-order valence-corrected chi connectivity index (χ1v) is 6.61. The largest absolute Gasteiger partial charge is 0.444 e. The summed E-state index contributed by atoms with van der Waals surface area (Å²) >= 11 is 0. The van der Waals surface area contributed by atoms with E-state index in [1.54, 1.807) is 4.90 Å². The minimum Gasteiger partial charge on any atom is -0.444 e. The number of fused-ring (bicyclic) bond motifs is 1. The van der Waals surface area contributed by atoms with E-state index in [4.69, 9.17) is 9.47 Å². The molecule has 2 aliphatic rings. The van der Waals surface area contributed by atoms with Crippen molar-refractivity contribution in [2.45, 2.75) is 64.5 Å². The highest BCUT2D eigenvalue weighted by molar-refractivity contribution is 5.70. The van der Waals surface area contributed by atoms with Crippen molar-refractivity contribution in [2.75, 3.05) is 13.1 Å². The number of amides is 1. The van der Waals surface area contributed by atoms with Gasteiger partial charge >= 0.3 is 6.09 Å². The number of piperidine rings is 1. The predicted molar refractivity (Wildman–Crippen MR) is 68.3 cm³/mol. The van der Waals surface area contributed by atoms with Gasteiger partial charge in [0.2, 0.25) is 0 Å². The topological polar surface area (TPSA) is 50.8 Å². The van der Waals surface area contributed by atoms with E-state index < -0.39 is 11.3 Å². The smallest absolute Gasteiger partial charge is 0.412 e. The summed E-state index contributed by atoms with van der Waals surface area (Å²) in [5.74, 6) is 0. The van der Waals surface area contributed by atoms with E-state index in [1.165, 1.54) is 0 Å². The third-order valence-corrected chi connectivity index (χ3v) is 3.33. The van der Waals surface area contributed by atoms with Crippen LogP contribution in [0, 0.1) is 0 Å². The van der Waals surface area contributed by atoms with Gasteiger partial charge in [0.15, 0.2) is 0 Å². The van der Waals surface area contributed by atoms with Gasteiger partial charge in [-0.3, -0.25) is 4.90 Å². The molecule has 0 saturated carbocycles. The van der Waals surface area contributed by atoms with Gasteiger partial charge in [0, 0.05) is 6.54 Å². The third-order valence-electron chi connectivity index (χ3n) is 3.33. The lowest BCUT2D eigenvalue weighted by Crippen LogP contribution is -2.53. The molecule has 2 atom stereocenters. The van der Waals surface area contributed by atoms with Gasteiger partial charge in [0.25, 0.3) is 0 Å². The Morgan fingerprint density at radius 1 is 1.44 bits per heavy atom. The number of hydrogen-bond acceptors (Lipinski definition) is 4. The number of ether oxygens (including phenoxy) is 2. The zero-order valence-electron chi connectivity index (χ0n) is 11.9. The number of nitrogens with one attached hydrogen (secondary N) is 1. The molecule has 0 aromatic rings. The molecule has 1 amide bonds. The Bertz CT molecular complexity index is 336. The molecule has 2 saturated heterocycles. The molecule has 0 unspecified atom stereocenters. The van der Waals surface area contributed by atoms with Crippen LogP contribution < -0.4 is 5.32 Å². The van der Waals surface area contributed by atoms with Crippen molar-refractivity contribution in [1.29, 1.82) is 0 Å². The lowest BCUT2D eigenvalue weighted by Gasteiger charge is -2.35. The Kier molecular flexibility index (Phi) is 3.32. The van der Waals surface area contributed by atoms with Crippen molar-refractivity contribution in [3.8, 4) is 0 Å². The number of rotatable bonds is 0. The Hall–Kier alpha value is -0.810. The van der Waals surface area contributed by atoms with E-state index in [-0.39, 0.29) is 18.2 Å². The van der Waals surface area contributed by atoms with Gasteiger partial charge in [-0.2, -0.15) is 0 Å². The monoisotopic (exact) mass is 256 g/mol. The average molecular weight is 256 g/mol. The van der Waals surface area contributed by atoms with Crippen molar-refractivity contribution >= 4 is 6.09 Å². The van der Waals surface area contributed by atoms with Crippen LogP contribution in [-0.4, -0.2) is 47.6 Å². The predicted octanol–water partition coefficient (Wildman–Crippen LogP) is 1.72. The molecule has 0 aromatic carbocycles. The Labute approximate surface area is 109 Å². The second kappa shape index (κ2) is 4.38. The van der Waals surface area contributed by atoms with Crippen LogP contribution in [0.15, 0.2) is 0 Å². The van der Waals surface area contributed by atoms with Gasteiger partial charge in [-0.05, 0) is 47.6 Å². The van der Waals surface area contributed by atoms with Crippen molar-refractivity contribution in [3.05, 3.63) is 0 Å². The first-order chi connectivity index (χ1) is 8.21. The summed E-state index contributed by atoms with van der Waals surface area (Å²) in [4.78, 5) is 14.1. The van der Waals surface area contributed by atoms with Crippen LogP contribution in [0.5, 0.6) is 0 Å². The quantitative estimate of drug-likeness (QED) is 0.717. The van der Waals surface area contributed by atoms with E-state index in [2.05, 4.69) is 5.32 Å². The maximum Gasteiger partial charge on any atom is 0.412 e. The summed E-state index contributed by atoms with van der Waals surface area (Å²) in [5.41, 5.74) is -1.07. The summed E-state index contributed by atoms with van der Waals surface area (Å²) in [7, 11) is 0. The number of carbonyl (C=O) groups is 1. The Morgan fingerprint density at radius 2 is 2.11 bits per heavy atom. The van der Waals surface area contributed by atoms with Gasteiger partial charge in [0.05, 0.1) is 12.1 Å². The minimum atomic E-state index is -0.594. The first-order valence-electron chi connectivity index (χ1n) is 6.61. The zero-order valence-corrected chi connectivity index (χ0v) is 11.9. The molecule has 5 nitrogen and oxygen atoms in total. The molecular weight excluding hydrogens is 232 g/mol. The highest BCUT2D eigenvalue weighted by Gasteiger charge is 2.51. The Morgan fingerprint density at radius 3 is 2.72 bits per heavy atom. The molecule has 104 valence electrons. The molecule has 18 heavy (non-hydrogen) atoms. The number of hydrogen-bond donors (Lipinski definition) is 1. The fraction of sp³-hybridized carbons (Fsp3) is 0.923. The summed E-state index contributed by atoms with van der Waals surface area (Å²) in [6.45, 7) is 11.2. The zero-order chi connectivity index (χ0) is 13.6. The third kappa shape index (κ3) is 2.62. The van der Waals surface area contributed by atoms with Crippen molar-refractivity contribution in [1.82, 2.24) is 10.2 Å². The summed E-state index contributed by atoms with van der Waals surface area (Å²) in [5, 5.41) is 3.30. The molecule has 0 aromatic heterocycles. The summed E-state index contributed by atoms with van der Waals surface area (Å²) < 4.78 is 11.5. The van der Waals surface area contributed by atoms with Crippen molar-refractivity contribution in [3.63, 3.8) is 0 Å². The molecule has 0 spiro atoms. The molecule has 0 bridgehead atoms. The van der Waals surface area contributed by atoms with Crippen LogP contribution in [0.2, 0.25) is 0 Å². The minimum absolute atomic E-state index is 0.0706. The first kappa shape index (κ1) is 13.6. The van der Waals surface area contributed by atoms with Gasteiger partial charge in [0.1, 0.15) is 11.3 Å². The second-order valence-electron chi connectivity index (χ2n) is 6.51. The maximum absolute atomic E-state index is 12.3. The fourth-order valence-electron chi connectivity index (χ4n) is 2.72. The van der Waals surface area contributed by atoms with Crippen LogP contribution >= 0.6 is 0 Å². The van der Waals surface area contributed by atoms with Crippen LogP contribution in [0.1, 0.15) is 41.0 Å².